The van der Waals surface area contributed by atoms with Gasteiger partial charge in [-0.25, -0.2) is 0 Å². The van der Waals surface area contributed by atoms with Gasteiger partial charge in [-0.05, 0) is 30.5 Å². The summed E-state index contributed by atoms with van der Waals surface area (Å²) in [5.74, 6) is 0.0831. The van der Waals surface area contributed by atoms with Crippen LogP contribution in [-0.4, -0.2) is 30.6 Å². The van der Waals surface area contributed by atoms with E-state index in [0.717, 1.165) is 34.5 Å². The normalized spacial score (nSPS) is 19.2. The van der Waals surface area contributed by atoms with Gasteiger partial charge in [0.25, 0.3) is 0 Å². The summed E-state index contributed by atoms with van der Waals surface area (Å²) in [6.07, 6.45) is 0.246. The molecule has 114 valence electrons. The number of nitrogens with one attached hydrogen (secondary N) is 2. The fourth-order valence-corrected chi connectivity index (χ4v) is 3.54. The number of carbonyl (C=O) groups excluding carboxylic acids is 1. The van der Waals surface area contributed by atoms with Crippen molar-refractivity contribution in [3.63, 3.8) is 0 Å². The second kappa shape index (κ2) is 7.22. The van der Waals surface area contributed by atoms with E-state index in [0.29, 0.717) is 0 Å². The Hall–Kier alpha value is -1.14. The van der Waals surface area contributed by atoms with E-state index in [2.05, 4.69) is 10.6 Å². The Bertz CT molecular complexity index is 577. The Morgan fingerprint density at radius 2 is 2.29 bits per heavy atom. The number of aliphatic hydroxyl groups excluding tert-OH is 1. The summed E-state index contributed by atoms with van der Waals surface area (Å²) in [6.45, 7) is 1.92. The first kappa shape index (κ1) is 16.2. The largest absolute Gasteiger partial charge is 0.386 e. The molecule has 21 heavy (non-hydrogen) atoms. The number of aliphatic hydroxyl groups is 1. The van der Waals surface area contributed by atoms with E-state index < -0.39 is 6.10 Å². The molecule has 1 aromatic heterocycles. The smallest absolute Gasteiger partial charge is 0.224 e. The van der Waals surface area contributed by atoms with Crippen LogP contribution in [0.2, 0.25) is 0 Å². The molecule has 0 spiro atoms. The van der Waals surface area contributed by atoms with Crippen molar-refractivity contribution in [1.29, 1.82) is 0 Å². The third-order valence-corrected chi connectivity index (χ3v) is 4.89. The first-order chi connectivity index (χ1) is 9.74. The highest BCUT2D eigenvalue weighted by Gasteiger charge is 2.23. The lowest BCUT2D eigenvalue weighted by Crippen LogP contribution is -2.34. The molecule has 6 heteroatoms. The molecule has 0 saturated carbocycles. The lowest BCUT2D eigenvalue weighted by Gasteiger charge is -2.13. The van der Waals surface area contributed by atoms with E-state index in [4.69, 9.17) is 0 Å². The van der Waals surface area contributed by atoms with Crippen molar-refractivity contribution in [2.75, 3.05) is 19.6 Å². The summed E-state index contributed by atoms with van der Waals surface area (Å²) in [5.41, 5.74) is 0. The van der Waals surface area contributed by atoms with E-state index >= 15 is 0 Å². The van der Waals surface area contributed by atoms with E-state index in [1.807, 2.05) is 30.3 Å². The standard InChI is InChI=1S/C15H18N2O2S.ClH/c18-12(9-17-15(19)11-5-6-16-8-11)14-7-10-3-1-2-4-13(10)20-14;/h1-4,7,11-12,16,18H,5-6,8-9H2,(H,17,19);1H. The van der Waals surface area contributed by atoms with Crippen LogP contribution in [0.5, 0.6) is 0 Å². The summed E-state index contributed by atoms with van der Waals surface area (Å²) in [6, 6.07) is 10.0. The number of halogens is 1. The van der Waals surface area contributed by atoms with Gasteiger partial charge in [-0.2, -0.15) is 0 Å². The van der Waals surface area contributed by atoms with Crippen LogP contribution in [0.15, 0.2) is 30.3 Å². The molecule has 1 amide bonds. The van der Waals surface area contributed by atoms with Gasteiger partial charge < -0.3 is 15.7 Å². The molecule has 3 N–H and O–H groups in total. The van der Waals surface area contributed by atoms with Gasteiger partial charge in [0.05, 0.1) is 5.92 Å². The second-order valence-corrected chi connectivity index (χ2v) is 6.25. The fourth-order valence-electron chi connectivity index (χ4n) is 2.49. The van der Waals surface area contributed by atoms with Gasteiger partial charge in [0.1, 0.15) is 6.10 Å². The zero-order chi connectivity index (χ0) is 13.9. The topological polar surface area (TPSA) is 61.4 Å². The molecule has 0 bridgehead atoms. The van der Waals surface area contributed by atoms with E-state index in [-0.39, 0.29) is 30.8 Å². The van der Waals surface area contributed by atoms with Crippen molar-refractivity contribution in [1.82, 2.24) is 10.6 Å². The number of thiophene rings is 1. The van der Waals surface area contributed by atoms with E-state index in [1.165, 1.54) is 0 Å². The average molecular weight is 327 g/mol. The summed E-state index contributed by atoms with van der Waals surface area (Å²) in [5, 5.41) is 17.3. The SMILES string of the molecule is Cl.O=C(NCC(O)c1cc2ccccc2s1)C1CCNC1. The summed E-state index contributed by atoms with van der Waals surface area (Å²) in [7, 11) is 0. The van der Waals surface area contributed by atoms with Crippen molar-refractivity contribution >= 4 is 39.7 Å². The van der Waals surface area contributed by atoms with Crippen molar-refractivity contribution in [2.45, 2.75) is 12.5 Å². The lowest BCUT2D eigenvalue weighted by molar-refractivity contribution is -0.124. The van der Waals surface area contributed by atoms with Crippen molar-refractivity contribution in [3.8, 4) is 0 Å². The quantitative estimate of drug-likeness (QED) is 0.806. The van der Waals surface area contributed by atoms with E-state index in [1.54, 1.807) is 11.3 Å². The molecule has 1 aromatic carbocycles. The second-order valence-electron chi connectivity index (χ2n) is 5.14. The van der Waals surface area contributed by atoms with Crippen molar-refractivity contribution < 1.29 is 9.90 Å². The van der Waals surface area contributed by atoms with Gasteiger partial charge in [0.15, 0.2) is 0 Å². The Labute approximate surface area is 134 Å². The maximum Gasteiger partial charge on any atom is 0.224 e. The van der Waals surface area contributed by atoms with Crippen LogP contribution in [0.25, 0.3) is 10.1 Å². The predicted octanol–water partition coefficient (Wildman–Crippen LogP) is 2.08. The molecule has 1 aliphatic heterocycles. The molecule has 1 fully saturated rings. The number of rotatable bonds is 4. The van der Waals surface area contributed by atoms with Gasteiger partial charge in [0, 0.05) is 22.7 Å². The molecule has 2 heterocycles. The van der Waals surface area contributed by atoms with Crippen molar-refractivity contribution in [3.05, 3.63) is 35.2 Å². The maximum atomic E-state index is 11.9. The van der Waals surface area contributed by atoms with Crippen LogP contribution in [0.3, 0.4) is 0 Å². The Morgan fingerprint density at radius 3 is 3.00 bits per heavy atom. The van der Waals surface area contributed by atoms with Crippen LogP contribution < -0.4 is 10.6 Å². The van der Waals surface area contributed by atoms with Gasteiger partial charge in [-0.3, -0.25) is 4.79 Å². The molecule has 1 aliphatic rings. The fraction of sp³-hybridized carbons (Fsp3) is 0.400. The van der Waals surface area contributed by atoms with Crippen LogP contribution in [0.1, 0.15) is 17.4 Å². The average Bonchev–Trinajstić information content (AvgIpc) is 3.12. The Morgan fingerprint density at radius 1 is 1.48 bits per heavy atom. The summed E-state index contributed by atoms with van der Waals surface area (Å²) < 4.78 is 1.16. The van der Waals surface area contributed by atoms with Crippen LogP contribution >= 0.6 is 23.7 Å². The van der Waals surface area contributed by atoms with Gasteiger partial charge >= 0.3 is 0 Å². The number of benzene rings is 1. The Kier molecular flexibility index (Phi) is 5.58. The monoisotopic (exact) mass is 326 g/mol. The molecule has 2 unspecified atom stereocenters. The minimum atomic E-state index is -0.634. The maximum absolute atomic E-state index is 11.9. The molecule has 0 radical (unpaired) electrons. The number of carbonyl (C=O) groups is 1. The minimum Gasteiger partial charge on any atom is -0.386 e. The number of amides is 1. The molecule has 4 nitrogen and oxygen atoms in total. The highest BCUT2D eigenvalue weighted by Crippen LogP contribution is 2.29. The molecular weight excluding hydrogens is 308 g/mol. The highest BCUT2D eigenvalue weighted by atomic mass is 35.5. The van der Waals surface area contributed by atoms with Crippen LogP contribution in [-0.2, 0) is 4.79 Å². The molecular formula is C15H19ClN2O2S. The van der Waals surface area contributed by atoms with Gasteiger partial charge in [-0.1, -0.05) is 18.2 Å². The third-order valence-electron chi connectivity index (χ3n) is 3.67. The predicted molar refractivity (Wildman–Crippen MR) is 88.0 cm³/mol. The Balaban J connectivity index is 0.00000161. The molecule has 2 aromatic rings. The first-order valence-corrected chi connectivity index (χ1v) is 7.70. The van der Waals surface area contributed by atoms with Crippen molar-refractivity contribution in [2.24, 2.45) is 5.92 Å². The van der Waals surface area contributed by atoms with E-state index in [9.17, 15) is 9.90 Å². The molecule has 2 atom stereocenters. The molecule has 1 saturated heterocycles. The number of hydrogen-bond acceptors (Lipinski definition) is 4. The first-order valence-electron chi connectivity index (χ1n) is 6.89. The highest BCUT2D eigenvalue weighted by molar-refractivity contribution is 7.19. The minimum absolute atomic E-state index is 0. The van der Waals surface area contributed by atoms with Gasteiger partial charge in [-0.15, -0.1) is 23.7 Å². The summed E-state index contributed by atoms with van der Waals surface area (Å²) in [4.78, 5) is 12.8. The van der Waals surface area contributed by atoms with Gasteiger partial charge in [0.2, 0.25) is 5.91 Å². The number of hydrogen-bond donors (Lipinski definition) is 3. The van der Waals surface area contributed by atoms with Crippen LogP contribution in [0.4, 0.5) is 0 Å². The molecule has 3 rings (SSSR count). The zero-order valence-corrected chi connectivity index (χ0v) is 13.2. The lowest BCUT2D eigenvalue weighted by atomic mass is 10.1. The summed E-state index contributed by atoms with van der Waals surface area (Å²) >= 11 is 1.58. The van der Waals surface area contributed by atoms with Crippen LogP contribution in [0, 0.1) is 5.92 Å². The zero-order valence-electron chi connectivity index (χ0n) is 11.5. The molecule has 0 aliphatic carbocycles. The third kappa shape index (κ3) is 3.74. The number of fused-ring (bicyclic) bond motifs is 1.